The van der Waals surface area contributed by atoms with Crippen molar-refractivity contribution in [2.75, 3.05) is 13.7 Å². The van der Waals surface area contributed by atoms with Crippen molar-refractivity contribution in [2.45, 2.75) is 31.9 Å². The van der Waals surface area contributed by atoms with E-state index in [1.807, 2.05) is 0 Å². The van der Waals surface area contributed by atoms with E-state index in [1.54, 1.807) is 18.2 Å². The minimum atomic E-state index is -0.221. The molecule has 1 saturated heterocycles. The van der Waals surface area contributed by atoms with Crippen molar-refractivity contribution in [3.8, 4) is 0 Å². The number of amides is 1. The zero-order chi connectivity index (χ0) is 15.4. The van der Waals surface area contributed by atoms with Gasteiger partial charge in [0.25, 0.3) is 5.91 Å². The third-order valence-corrected chi connectivity index (χ3v) is 3.59. The molecule has 0 spiro atoms. The quantitative estimate of drug-likeness (QED) is 0.842. The van der Waals surface area contributed by atoms with Crippen molar-refractivity contribution < 1.29 is 14.1 Å². The minimum Gasteiger partial charge on any atom is -0.377 e. The number of likely N-dealkylation sites (tertiary alicyclic amines) is 1. The number of piperidine rings is 1. The lowest BCUT2D eigenvalue weighted by Crippen LogP contribution is -2.39. The molecule has 2 aromatic heterocycles. The first-order valence-electron chi connectivity index (χ1n) is 7.18. The van der Waals surface area contributed by atoms with Crippen LogP contribution in [0.2, 0.25) is 0 Å². The Labute approximate surface area is 127 Å². The van der Waals surface area contributed by atoms with E-state index in [9.17, 15) is 4.79 Å². The molecule has 116 valence electrons. The molecule has 0 aromatic carbocycles. The molecule has 0 N–H and O–H groups in total. The van der Waals surface area contributed by atoms with Crippen molar-refractivity contribution in [3.63, 3.8) is 0 Å². The number of carbonyl (C=O) groups is 1. The van der Waals surface area contributed by atoms with E-state index in [2.05, 4.69) is 20.1 Å². The van der Waals surface area contributed by atoms with Gasteiger partial charge < -0.3 is 14.2 Å². The Morgan fingerprint density at radius 1 is 1.45 bits per heavy atom. The highest BCUT2D eigenvalue weighted by atomic mass is 16.5. The summed E-state index contributed by atoms with van der Waals surface area (Å²) < 4.78 is 10.3. The van der Waals surface area contributed by atoms with Gasteiger partial charge in [-0.2, -0.15) is 4.98 Å². The maximum atomic E-state index is 12.6. The Morgan fingerprint density at radius 2 is 2.36 bits per heavy atom. The zero-order valence-electron chi connectivity index (χ0n) is 12.3. The molecular weight excluding hydrogens is 286 g/mol. The van der Waals surface area contributed by atoms with Gasteiger partial charge in [-0.1, -0.05) is 5.16 Å². The molecule has 0 aliphatic carbocycles. The largest absolute Gasteiger partial charge is 0.377 e. The van der Waals surface area contributed by atoms with Gasteiger partial charge in [0.05, 0.1) is 6.20 Å². The second-order valence-corrected chi connectivity index (χ2v) is 5.08. The molecule has 8 heteroatoms. The third-order valence-electron chi connectivity index (χ3n) is 3.59. The monoisotopic (exact) mass is 303 g/mol. The second-order valence-electron chi connectivity index (χ2n) is 5.08. The van der Waals surface area contributed by atoms with Crippen LogP contribution in [-0.2, 0) is 11.3 Å². The minimum absolute atomic E-state index is 0.163. The smallest absolute Gasteiger partial charge is 0.274 e. The topological polar surface area (TPSA) is 94.2 Å². The third kappa shape index (κ3) is 2.96. The molecule has 1 atom stereocenters. The van der Waals surface area contributed by atoms with Crippen molar-refractivity contribution in [1.29, 1.82) is 0 Å². The highest BCUT2D eigenvalue weighted by Crippen LogP contribution is 2.30. The van der Waals surface area contributed by atoms with Gasteiger partial charge in [0.2, 0.25) is 5.89 Å². The lowest BCUT2D eigenvalue weighted by Gasteiger charge is -2.33. The highest BCUT2D eigenvalue weighted by molar-refractivity contribution is 5.92. The van der Waals surface area contributed by atoms with Crippen molar-refractivity contribution in [1.82, 2.24) is 25.0 Å². The Bertz CT molecular complexity index is 630. The van der Waals surface area contributed by atoms with E-state index in [0.717, 1.165) is 19.3 Å². The van der Waals surface area contributed by atoms with Crippen LogP contribution in [0.25, 0.3) is 0 Å². The van der Waals surface area contributed by atoms with Crippen LogP contribution >= 0.6 is 0 Å². The van der Waals surface area contributed by atoms with E-state index < -0.39 is 0 Å². The van der Waals surface area contributed by atoms with Crippen molar-refractivity contribution in [2.24, 2.45) is 0 Å². The molecule has 0 radical (unpaired) electrons. The van der Waals surface area contributed by atoms with Crippen LogP contribution in [0.15, 0.2) is 23.1 Å². The number of carbonyl (C=O) groups excluding carboxylic acids is 1. The summed E-state index contributed by atoms with van der Waals surface area (Å²) in [6.07, 6.45) is 7.27. The average Bonchev–Trinajstić information content (AvgIpc) is 3.04. The SMILES string of the molecule is COCc1noc(C2CCCCN2C(=O)c2cnccn2)n1. The Morgan fingerprint density at radius 3 is 3.14 bits per heavy atom. The molecule has 8 nitrogen and oxygen atoms in total. The van der Waals surface area contributed by atoms with Gasteiger partial charge in [0.15, 0.2) is 5.82 Å². The van der Waals surface area contributed by atoms with Crippen LogP contribution in [-0.4, -0.2) is 44.6 Å². The Balaban J connectivity index is 1.83. The maximum absolute atomic E-state index is 12.6. The first kappa shape index (κ1) is 14.6. The lowest BCUT2D eigenvalue weighted by molar-refractivity contribution is 0.0555. The number of methoxy groups -OCH3 is 1. The fourth-order valence-electron chi connectivity index (χ4n) is 2.58. The number of hydrogen-bond acceptors (Lipinski definition) is 7. The van der Waals surface area contributed by atoms with Gasteiger partial charge in [0.1, 0.15) is 18.3 Å². The van der Waals surface area contributed by atoms with Crippen molar-refractivity contribution in [3.05, 3.63) is 36.0 Å². The summed E-state index contributed by atoms with van der Waals surface area (Å²) in [4.78, 5) is 26.7. The molecule has 0 saturated carbocycles. The van der Waals surface area contributed by atoms with E-state index in [0.29, 0.717) is 24.0 Å². The number of nitrogens with zero attached hydrogens (tertiary/aromatic N) is 5. The molecule has 1 aliphatic rings. The summed E-state index contributed by atoms with van der Waals surface area (Å²) in [5.41, 5.74) is 0.325. The summed E-state index contributed by atoms with van der Waals surface area (Å²) in [7, 11) is 1.57. The predicted octanol–water partition coefficient (Wildman–Crippen LogP) is 1.37. The summed E-state index contributed by atoms with van der Waals surface area (Å²) in [5, 5.41) is 3.87. The van der Waals surface area contributed by atoms with Crippen LogP contribution in [0.1, 0.15) is 47.5 Å². The fourth-order valence-corrected chi connectivity index (χ4v) is 2.58. The van der Waals surface area contributed by atoms with E-state index in [1.165, 1.54) is 12.4 Å². The number of aromatic nitrogens is 4. The van der Waals surface area contributed by atoms with Crippen LogP contribution in [0, 0.1) is 0 Å². The highest BCUT2D eigenvalue weighted by Gasteiger charge is 2.33. The molecule has 1 unspecified atom stereocenters. The summed E-state index contributed by atoms with van der Waals surface area (Å²) in [6, 6.07) is -0.221. The van der Waals surface area contributed by atoms with Gasteiger partial charge in [-0.05, 0) is 19.3 Å². The number of rotatable bonds is 4. The van der Waals surface area contributed by atoms with Crippen molar-refractivity contribution >= 4 is 5.91 Å². The predicted molar refractivity (Wildman–Crippen MR) is 74.7 cm³/mol. The van der Waals surface area contributed by atoms with Crippen LogP contribution in [0.5, 0.6) is 0 Å². The summed E-state index contributed by atoms with van der Waals surface area (Å²) in [6.45, 7) is 0.927. The van der Waals surface area contributed by atoms with Gasteiger partial charge in [-0.25, -0.2) is 4.98 Å². The molecule has 2 aromatic rings. The van der Waals surface area contributed by atoms with Gasteiger partial charge in [0, 0.05) is 26.0 Å². The average molecular weight is 303 g/mol. The zero-order valence-corrected chi connectivity index (χ0v) is 12.3. The van der Waals surface area contributed by atoms with E-state index >= 15 is 0 Å². The molecule has 1 amide bonds. The maximum Gasteiger partial charge on any atom is 0.274 e. The van der Waals surface area contributed by atoms with E-state index in [4.69, 9.17) is 9.26 Å². The van der Waals surface area contributed by atoms with Crippen LogP contribution < -0.4 is 0 Å². The first-order valence-corrected chi connectivity index (χ1v) is 7.18. The molecule has 1 fully saturated rings. The fraction of sp³-hybridized carbons (Fsp3) is 0.500. The molecule has 0 bridgehead atoms. The van der Waals surface area contributed by atoms with Crippen LogP contribution in [0.3, 0.4) is 0 Å². The Kier molecular flexibility index (Phi) is 4.38. The summed E-state index contributed by atoms with van der Waals surface area (Å²) >= 11 is 0. The number of hydrogen-bond donors (Lipinski definition) is 0. The standard InChI is InChI=1S/C14H17N5O3/c1-21-9-12-17-13(22-18-12)11-4-2-3-7-19(11)14(20)10-8-15-5-6-16-10/h5-6,8,11H,2-4,7,9H2,1H3. The molecule has 22 heavy (non-hydrogen) atoms. The van der Waals surface area contributed by atoms with Gasteiger partial charge in [-0.3, -0.25) is 9.78 Å². The summed E-state index contributed by atoms with van der Waals surface area (Å²) in [5.74, 6) is 0.767. The molecule has 3 heterocycles. The van der Waals surface area contributed by atoms with E-state index in [-0.39, 0.29) is 18.6 Å². The van der Waals surface area contributed by atoms with Crippen LogP contribution in [0.4, 0.5) is 0 Å². The normalized spacial score (nSPS) is 18.4. The van der Waals surface area contributed by atoms with Gasteiger partial charge in [-0.15, -0.1) is 0 Å². The second kappa shape index (κ2) is 6.61. The first-order chi connectivity index (χ1) is 10.8. The Hall–Kier alpha value is -2.35. The molecule has 1 aliphatic heterocycles. The molecule has 3 rings (SSSR count). The number of ether oxygens (including phenoxy) is 1. The lowest BCUT2D eigenvalue weighted by atomic mass is 10.0. The van der Waals surface area contributed by atoms with Gasteiger partial charge >= 0.3 is 0 Å². The molecular formula is C14H17N5O3.